The summed E-state index contributed by atoms with van der Waals surface area (Å²) in [4.78, 5) is 48.5. The second-order valence-electron chi connectivity index (χ2n) is 8.46. The van der Waals surface area contributed by atoms with Crippen LogP contribution in [0.4, 0.5) is 5.69 Å². The molecule has 3 N–H and O–H groups in total. The SMILES string of the molecule is O=NOc1ccc2c(c1)NC(=O)CCCCC(NC(=O)c1cc(-c3cccc(Cl)c3)no1)c1ncc-2[nH]1. The lowest BCUT2D eigenvalue weighted by molar-refractivity contribution is -0.116. The van der Waals surface area contributed by atoms with Gasteiger partial charge in [0.2, 0.25) is 11.7 Å². The molecular formula is C25H21ClN6O5. The number of hydrogen-bond acceptors (Lipinski definition) is 8. The Morgan fingerprint density at radius 2 is 2.08 bits per heavy atom. The van der Waals surface area contributed by atoms with E-state index in [1.165, 1.54) is 6.07 Å². The van der Waals surface area contributed by atoms with Crippen molar-refractivity contribution in [1.82, 2.24) is 20.4 Å². The van der Waals surface area contributed by atoms with E-state index < -0.39 is 11.9 Å². The highest BCUT2D eigenvalue weighted by molar-refractivity contribution is 6.30. The maximum atomic E-state index is 13.0. The first-order chi connectivity index (χ1) is 18.0. The number of aromatic nitrogens is 3. The quantitative estimate of drug-likeness (QED) is 0.234. The van der Waals surface area contributed by atoms with Gasteiger partial charge in [-0.15, -0.1) is 4.91 Å². The number of anilines is 1. The molecule has 11 nitrogen and oxygen atoms in total. The van der Waals surface area contributed by atoms with Crippen LogP contribution in [0.3, 0.4) is 0 Å². The number of halogens is 1. The molecule has 0 spiro atoms. The Bertz CT molecular complexity index is 1470. The third kappa shape index (κ3) is 5.51. The molecule has 2 aromatic heterocycles. The van der Waals surface area contributed by atoms with Gasteiger partial charge < -0.3 is 25.0 Å². The molecule has 0 aliphatic carbocycles. The molecular weight excluding hydrogens is 500 g/mol. The minimum absolute atomic E-state index is 0.0499. The molecule has 2 aromatic carbocycles. The fourth-order valence-electron chi connectivity index (χ4n) is 4.13. The molecule has 5 rings (SSSR count). The van der Waals surface area contributed by atoms with Gasteiger partial charge in [0.25, 0.3) is 5.91 Å². The second-order valence-corrected chi connectivity index (χ2v) is 8.90. The zero-order chi connectivity index (χ0) is 25.8. The predicted octanol–water partition coefficient (Wildman–Crippen LogP) is 5.43. The van der Waals surface area contributed by atoms with Gasteiger partial charge in [-0.3, -0.25) is 9.59 Å². The Morgan fingerprint density at radius 3 is 2.92 bits per heavy atom. The summed E-state index contributed by atoms with van der Waals surface area (Å²) in [5.41, 5.74) is 2.91. The number of nitrogens with zero attached hydrogens (tertiary/aromatic N) is 3. The molecule has 1 aliphatic heterocycles. The Balaban J connectivity index is 1.40. The van der Waals surface area contributed by atoms with Gasteiger partial charge in [0, 0.05) is 34.7 Å². The van der Waals surface area contributed by atoms with E-state index in [0.29, 0.717) is 52.7 Å². The Morgan fingerprint density at radius 1 is 1.19 bits per heavy atom. The van der Waals surface area contributed by atoms with Crippen molar-refractivity contribution < 1.29 is 18.9 Å². The van der Waals surface area contributed by atoms with Crippen LogP contribution in [-0.4, -0.2) is 26.9 Å². The number of benzene rings is 2. The summed E-state index contributed by atoms with van der Waals surface area (Å²) in [6.45, 7) is 0. The van der Waals surface area contributed by atoms with Crippen LogP contribution in [0.2, 0.25) is 5.02 Å². The number of carbonyl (C=O) groups is 2. The minimum atomic E-state index is -0.464. The summed E-state index contributed by atoms with van der Waals surface area (Å²) in [5.74, 6) is 0.153. The number of nitrogens with one attached hydrogen (secondary N) is 3. The minimum Gasteiger partial charge on any atom is -0.350 e. The monoisotopic (exact) mass is 520 g/mol. The average Bonchev–Trinajstić information content (AvgIpc) is 3.56. The maximum absolute atomic E-state index is 13.0. The van der Waals surface area contributed by atoms with Crippen LogP contribution in [0.1, 0.15) is 48.1 Å². The van der Waals surface area contributed by atoms with E-state index in [-0.39, 0.29) is 23.8 Å². The lowest BCUT2D eigenvalue weighted by Gasteiger charge is -2.17. The number of amides is 2. The van der Waals surface area contributed by atoms with Crippen molar-refractivity contribution in [1.29, 1.82) is 0 Å². The summed E-state index contributed by atoms with van der Waals surface area (Å²) in [5, 5.41) is 12.8. The first kappa shape index (κ1) is 24.2. The first-order valence-electron chi connectivity index (χ1n) is 11.5. The number of carbonyl (C=O) groups excluding carboxylic acids is 2. The van der Waals surface area contributed by atoms with E-state index in [4.69, 9.17) is 16.1 Å². The van der Waals surface area contributed by atoms with Gasteiger partial charge in [0.15, 0.2) is 11.1 Å². The van der Waals surface area contributed by atoms with Crippen LogP contribution in [0.15, 0.2) is 64.6 Å². The molecule has 1 unspecified atom stereocenters. The zero-order valence-corrected chi connectivity index (χ0v) is 20.1. The summed E-state index contributed by atoms with van der Waals surface area (Å²) in [7, 11) is 0. The van der Waals surface area contributed by atoms with Gasteiger partial charge in [0.1, 0.15) is 11.5 Å². The van der Waals surface area contributed by atoms with Crippen LogP contribution >= 0.6 is 11.6 Å². The van der Waals surface area contributed by atoms with E-state index >= 15 is 0 Å². The van der Waals surface area contributed by atoms with Crippen LogP contribution < -0.4 is 15.5 Å². The van der Waals surface area contributed by atoms with Gasteiger partial charge in [-0.1, -0.05) is 35.3 Å². The highest BCUT2D eigenvalue weighted by Crippen LogP contribution is 2.33. The number of imidazole rings is 1. The van der Waals surface area contributed by atoms with Crippen molar-refractivity contribution in [3.05, 3.63) is 76.2 Å². The molecule has 2 bridgehead atoms. The largest absolute Gasteiger partial charge is 0.350 e. The highest BCUT2D eigenvalue weighted by Gasteiger charge is 2.23. The predicted molar refractivity (Wildman–Crippen MR) is 135 cm³/mol. The summed E-state index contributed by atoms with van der Waals surface area (Å²) in [6, 6.07) is 12.9. The third-order valence-electron chi connectivity index (χ3n) is 5.93. The van der Waals surface area contributed by atoms with Gasteiger partial charge in [-0.2, -0.15) is 0 Å². The van der Waals surface area contributed by atoms with Gasteiger partial charge in [0.05, 0.1) is 23.6 Å². The number of hydrogen-bond donors (Lipinski definition) is 3. The van der Waals surface area contributed by atoms with E-state index in [1.54, 1.807) is 42.6 Å². The summed E-state index contributed by atoms with van der Waals surface area (Å²) in [6.07, 6.45) is 3.69. The molecule has 0 saturated heterocycles. The Hall–Kier alpha value is -4.51. The van der Waals surface area contributed by atoms with Crippen LogP contribution in [0.5, 0.6) is 5.75 Å². The number of fused-ring (bicyclic) bond motifs is 4. The smallest absolute Gasteiger partial charge is 0.290 e. The molecule has 0 saturated carbocycles. The number of H-pyrrole nitrogens is 1. The zero-order valence-electron chi connectivity index (χ0n) is 19.4. The molecule has 188 valence electrons. The van der Waals surface area contributed by atoms with E-state index in [1.807, 2.05) is 6.07 Å². The van der Waals surface area contributed by atoms with Gasteiger partial charge in [-0.25, -0.2) is 4.98 Å². The van der Waals surface area contributed by atoms with Crippen molar-refractivity contribution in [2.75, 3.05) is 5.32 Å². The maximum Gasteiger partial charge on any atom is 0.290 e. The van der Waals surface area contributed by atoms with Crippen molar-refractivity contribution in [3.63, 3.8) is 0 Å². The van der Waals surface area contributed by atoms with Crippen molar-refractivity contribution in [2.45, 2.75) is 31.7 Å². The summed E-state index contributed by atoms with van der Waals surface area (Å²) >= 11 is 6.06. The number of aromatic amines is 1. The molecule has 1 atom stereocenters. The molecule has 12 heteroatoms. The fourth-order valence-corrected chi connectivity index (χ4v) is 4.32. The van der Waals surface area contributed by atoms with E-state index in [9.17, 15) is 14.5 Å². The highest BCUT2D eigenvalue weighted by atomic mass is 35.5. The molecule has 0 fully saturated rings. The lowest BCUT2D eigenvalue weighted by Crippen LogP contribution is -2.29. The Kier molecular flexibility index (Phi) is 6.95. The van der Waals surface area contributed by atoms with Crippen LogP contribution in [0, 0.1) is 4.91 Å². The van der Waals surface area contributed by atoms with Crippen LogP contribution in [0.25, 0.3) is 22.5 Å². The standard InChI is InChI=1S/C25H21ClN6O5/c26-15-5-3-4-14(10-15)19-12-22(37-31-19)25(34)30-18-6-1-2-7-23(33)28-20-11-16(36-32-35)8-9-17(20)21-13-27-24(18)29-21/h3-5,8-13,18H,1-2,6-7H2,(H,27,29)(H,28,33)(H,30,34). The number of rotatable bonds is 5. The second kappa shape index (κ2) is 10.6. The fraction of sp³-hybridized carbons (Fsp3) is 0.200. The molecule has 4 aromatic rings. The molecule has 0 radical (unpaired) electrons. The third-order valence-corrected chi connectivity index (χ3v) is 6.16. The van der Waals surface area contributed by atoms with Crippen molar-refractivity contribution >= 4 is 29.1 Å². The van der Waals surface area contributed by atoms with Crippen LogP contribution in [-0.2, 0) is 4.79 Å². The van der Waals surface area contributed by atoms with Gasteiger partial charge in [-0.05, 0) is 37.1 Å². The molecule has 2 amide bonds. The first-order valence-corrected chi connectivity index (χ1v) is 11.9. The van der Waals surface area contributed by atoms with Crippen molar-refractivity contribution in [3.8, 4) is 28.3 Å². The average molecular weight is 521 g/mol. The normalized spacial score (nSPS) is 15.5. The van der Waals surface area contributed by atoms with E-state index in [2.05, 4.69) is 35.9 Å². The molecule has 3 heterocycles. The molecule has 37 heavy (non-hydrogen) atoms. The molecule has 1 aliphatic rings. The topological polar surface area (TPSA) is 152 Å². The van der Waals surface area contributed by atoms with Crippen molar-refractivity contribution in [2.24, 2.45) is 5.34 Å². The van der Waals surface area contributed by atoms with Gasteiger partial charge >= 0.3 is 0 Å². The van der Waals surface area contributed by atoms with E-state index in [0.717, 1.165) is 5.56 Å². The Labute approximate surface area is 215 Å². The summed E-state index contributed by atoms with van der Waals surface area (Å²) < 4.78 is 5.30. The lowest BCUT2D eigenvalue weighted by atomic mass is 10.1.